The van der Waals surface area contributed by atoms with Crippen molar-refractivity contribution in [3.8, 4) is 0 Å². The van der Waals surface area contributed by atoms with Crippen LogP contribution in [0.5, 0.6) is 0 Å². The van der Waals surface area contributed by atoms with Crippen molar-refractivity contribution in [1.82, 2.24) is 0 Å². The lowest BCUT2D eigenvalue weighted by molar-refractivity contribution is 0.615. The summed E-state index contributed by atoms with van der Waals surface area (Å²) in [7, 11) is -2.45. The number of nitrogens with one attached hydrogen (secondary N) is 1. The molecule has 0 aromatic heterocycles. The van der Waals surface area contributed by atoms with Crippen LogP contribution >= 0.6 is 10.8 Å². The van der Waals surface area contributed by atoms with E-state index in [0.717, 1.165) is 10.8 Å². The molecule has 0 atom stereocenters. The Morgan fingerprint density at radius 2 is 1.73 bits per heavy atom. The van der Waals surface area contributed by atoms with Gasteiger partial charge in [0.2, 0.25) is 0 Å². The fourth-order valence-corrected chi connectivity index (χ4v) is 2.17. The van der Waals surface area contributed by atoms with Gasteiger partial charge in [0.15, 0.2) is 0 Å². The van der Waals surface area contributed by atoms with Crippen LogP contribution in [0.3, 0.4) is 0 Å². The maximum atomic E-state index is 11.2. The van der Waals surface area contributed by atoms with E-state index in [1.807, 2.05) is 12.1 Å². The number of hydrogen-bond acceptors (Lipinski definition) is 3. The Hall–Kier alpha value is -0.680. The van der Waals surface area contributed by atoms with Crippen molar-refractivity contribution < 1.29 is 8.42 Å². The summed E-state index contributed by atoms with van der Waals surface area (Å²) < 4.78 is 24.9. The Morgan fingerprint density at radius 3 is 2.13 bits per heavy atom. The molecule has 0 radical (unpaired) electrons. The molecule has 0 aliphatic carbocycles. The summed E-state index contributed by atoms with van der Waals surface area (Å²) in [5, 5.41) is 0. The summed E-state index contributed by atoms with van der Waals surface area (Å²) in [6.07, 6.45) is 1.53. The van der Waals surface area contributed by atoms with Gasteiger partial charge in [-0.15, -0.1) is 0 Å². The van der Waals surface area contributed by atoms with E-state index in [-0.39, 0.29) is 0 Å². The molecule has 5 heteroatoms. The maximum absolute atomic E-state index is 11.2. The molecule has 0 aliphatic heterocycles. The predicted octanol–water partition coefficient (Wildman–Crippen LogP) is 2.83. The molecule has 0 unspecified atom stereocenters. The second-order valence-electron chi connectivity index (χ2n) is 3.50. The smallest absolute Gasteiger partial charge is 0.275 e. The number of rotatable bonds is 4. The van der Waals surface area contributed by atoms with Crippen LogP contribution in [0.2, 0.25) is 0 Å². The first-order valence-electron chi connectivity index (χ1n) is 4.63. The lowest BCUT2D eigenvalue weighted by Crippen LogP contribution is -2.06. The Morgan fingerprint density at radius 1 is 1.20 bits per heavy atom. The van der Waals surface area contributed by atoms with Gasteiger partial charge in [-0.25, -0.2) is 0 Å². The molecule has 1 rings (SSSR count). The monoisotopic (exact) mass is 245 g/mol. The highest BCUT2D eigenvalue weighted by Gasteiger charge is 2.07. The van der Waals surface area contributed by atoms with Crippen LogP contribution in [-0.2, 0) is 9.06 Å². The molecule has 0 bridgehead atoms. The van der Waals surface area contributed by atoms with E-state index in [4.69, 9.17) is 0 Å². The molecule has 15 heavy (non-hydrogen) atoms. The summed E-state index contributed by atoms with van der Waals surface area (Å²) in [5.74, 6) is 0.455. The quantitative estimate of drug-likeness (QED) is 0.830. The fraction of sp³-hybridized carbons (Fsp3) is 0.400. The first-order chi connectivity index (χ1) is 6.94. The molecule has 1 N–H and O–H groups in total. The van der Waals surface area contributed by atoms with Crippen LogP contribution < -0.4 is 4.72 Å². The van der Waals surface area contributed by atoms with Gasteiger partial charge in [-0.1, -0.05) is 26.0 Å². The van der Waals surface area contributed by atoms with E-state index >= 15 is 0 Å². The summed E-state index contributed by atoms with van der Waals surface area (Å²) in [6.45, 7) is 4.20. The van der Waals surface area contributed by atoms with Crippen LogP contribution in [0.25, 0.3) is 0 Å². The van der Waals surface area contributed by atoms with Crippen molar-refractivity contribution in [2.45, 2.75) is 19.8 Å². The van der Waals surface area contributed by atoms with E-state index in [9.17, 15) is 8.42 Å². The van der Waals surface area contributed by atoms with Gasteiger partial charge in [-0.3, -0.25) is 4.72 Å². The normalized spacial score (nSPS) is 11.7. The Balaban J connectivity index is 2.82. The highest BCUT2D eigenvalue weighted by Crippen LogP contribution is 2.19. The molecule has 0 spiro atoms. The SMILES string of the molecule is CSS(=O)(=O)Nc1ccc(C(C)C)cc1. The van der Waals surface area contributed by atoms with Crippen LogP contribution in [0.15, 0.2) is 24.3 Å². The van der Waals surface area contributed by atoms with Gasteiger partial charge < -0.3 is 0 Å². The second kappa shape index (κ2) is 4.90. The van der Waals surface area contributed by atoms with E-state index in [1.54, 1.807) is 12.1 Å². The first-order valence-corrected chi connectivity index (χ1v) is 7.85. The Labute approximate surface area is 94.7 Å². The van der Waals surface area contributed by atoms with E-state index in [2.05, 4.69) is 18.6 Å². The van der Waals surface area contributed by atoms with Crippen LogP contribution in [0, 0.1) is 0 Å². The van der Waals surface area contributed by atoms with Crippen LogP contribution in [0.1, 0.15) is 25.3 Å². The largest absolute Gasteiger partial charge is 0.286 e. The van der Waals surface area contributed by atoms with Gasteiger partial charge in [0.05, 0.1) is 0 Å². The summed E-state index contributed by atoms with van der Waals surface area (Å²) in [5.41, 5.74) is 1.80. The minimum Gasteiger partial charge on any atom is -0.275 e. The first kappa shape index (κ1) is 12.4. The average Bonchev–Trinajstić information content (AvgIpc) is 2.18. The van der Waals surface area contributed by atoms with Crippen LogP contribution in [0.4, 0.5) is 5.69 Å². The zero-order valence-corrected chi connectivity index (χ0v) is 10.7. The number of benzene rings is 1. The minimum absolute atomic E-state index is 0.455. The molecule has 84 valence electrons. The van der Waals surface area contributed by atoms with E-state index < -0.39 is 9.06 Å². The molecule has 1 aromatic rings. The molecular weight excluding hydrogens is 230 g/mol. The maximum Gasteiger partial charge on any atom is 0.286 e. The summed E-state index contributed by atoms with van der Waals surface area (Å²) >= 11 is 0. The third-order valence-corrected chi connectivity index (χ3v) is 4.53. The van der Waals surface area contributed by atoms with Crippen molar-refractivity contribution in [2.24, 2.45) is 0 Å². The standard InChI is InChI=1S/C10H15NO2S2/c1-8(2)9-4-6-10(7-5-9)11-15(12,13)14-3/h4-8,11H,1-3H3. The third-order valence-electron chi connectivity index (χ3n) is 2.04. The molecular formula is C10H15NO2S2. The molecule has 0 fully saturated rings. The van der Waals surface area contributed by atoms with Gasteiger partial charge in [0, 0.05) is 5.69 Å². The highest BCUT2D eigenvalue weighted by atomic mass is 33.1. The zero-order chi connectivity index (χ0) is 11.5. The van der Waals surface area contributed by atoms with E-state index in [0.29, 0.717) is 11.6 Å². The topological polar surface area (TPSA) is 46.2 Å². The van der Waals surface area contributed by atoms with Gasteiger partial charge in [-0.05, 0) is 40.7 Å². The van der Waals surface area contributed by atoms with Gasteiger partial charge >= 0.3 is 0 Å². The third kappa shape index (κ3) is 3.76. The number of hydrogen-bond donors (Lipinski definition) is 1. The molecule has 3 nitrogen and oxygen atoms in total. The molecule has 0 saturated heterocycles. The van der Waals surface area contributed by atoms with Gasteiger partial charge in [-0.2, -0.15) is 8.42 Å². The molecule has 0 aliphatic rings. The van der Waals surface area contributed by atoms with Gasteiger partial charge in [0.1, 0.15) is 0 Å². The summed E-state index contributed by atoms with van der Waals surface area (Å²) in [4.78, 5) is 0. The van der Waals surface area contributed by atoms with Crippen molar-refractivity contribution in [1.29, 1.82) is 0 Å². The zero-order valence-electron chi connectivity index (χ0n) is 9.02. The van der Waals surface area contributed by atoms with Crippen molar-refractivity contribution in [3.63, 3.8) is 0 Å². The number of anilines is 1. The second-order valence-corrected chi connectivity index (χ2v) is 7.26. The van der Waals surface area contributed by atoms with Crippen molar-refractivity contribution in [2.75, 3.05) is 11.0 Å². The predicted molar refractivity (Wildman–Crippen MR) is 66.6 cm³/mol. The van der Waals surface area contributed by atoms with Crippen molar-refractivity contribution in [3.05, 3.63) is 29.8 Å². The molecule has 0 heterocycles. The molecule has 0 amide bonds. The highest BCUT2D eigenvalue weighted by molar-refractivity contribution is 8.72. The lowest BCUT2D eigenvalue weighted by Gasteiger charge is -2.08. The fourth-order valence-electron chi connectivity index (χ4n) is 1.12. The Bertz CT molecular complexity index is 410. The average molecular weight is 245 g/mol. The van der Waals surface area contributed by atoms with Gasteiger partial charge in [0.25, 0.3) is 9.06 Å². The summed E-state index contributed by atoms with van der Waals surface area (Å²) in [6, 6.07) is 7.43. The molecule has 1 aromatic carbocycles. The van der Waals surface area contributed by atoms with Crippen LogP contribution in [-0.4, -0.2) is 14.7 Å². The van der Waals surface area contributed by atoms with Crippen molar-refractivity contribution >= 4 is 25.5 Å². The van der Waals surface area contributed by atoms with E-state index in [1.165, 1.54) is 11.8 Å². The minimum atomic E-state index is -3.24. The lowest BCUT2D eigenvalue weighted by atomic mass is 10.0. The molecule has 0 saturated carbocycles. The Kier molecular flexibility index (Phi) is 4.04.